The van der Waals surface area contributed by atoms with Crippen molar-refractivity contribution in [3.8, 4) is 0 Å². The number of nitrogens with zero attached hydrogens (tertiary/aromatic N) is 3. The van der Waals surface area contributed by atoms with Crippen LogP contribution in [0.25, 0.3) is 0 Å². The molecule has 0 radical (unpaired) electrons. The fourth-order valence-electron chi connectivity index (χ4n) is 1.97. The van der Waals surface area contributed by atoms with Gasteiger partial charge in [-0.15, -0.1) is 16.7 Å². The Labute approximate surface area is 107 Å². The molecule has 4 nitrogen and oxygen atoms in total. The van der Waals surface area contributed by atoms with Crippen molar-refractivity contribution in [3.63, 3.8) is 0 Å². The molecular formula is C10H13ClF3N3O. The fraction of sp³-hybridized carbons (Fsp3) is 0.800. The molecule has 1 fully saturated rings. The van der Waals surface area contributed by atoms with Crippen LogP contribution in [0.2, 0.25) is 0 Å². The van der Waals surface area contributed by atoms with Gasteiger partial charge < -0.3 is 9.32 Å². The van der Waals surface area contributed by atoms with Gasteiger partial charge in [0.05, 0.1) is 5.92 Å². The normalized spacial score (nSPS) is 21.3. The number of aromatic nitrogens is 2. The summed E-state index contributed by atoms with van der Waals surface area (Å²) in [6.07, 6.45) is -3.12. The van der Waals surface area contributed by atoms with Gasteiger partial charge in [0.25, 0.3) is 0 Å². The Morgan fingerprint density at radius 1 is 1.39 bits per heavy atom. The van der Waals surface area contributed by atoms with Crippen LogP contribution < -0.4 is 4.90 Å². The second-order valence-electron chi connectivity index (χ2n) is 4.24. The third-order valence-electron chi connectivity index (χ3n) is 2.92. The zero-order valence-electron chi connectivity index (χ0n) is 9.58. The minimum atomic E-state index is -4.17. The van der Waals surface area contributed by atoms with E-state index in [9.17, 15) is 13.2 Å². The molecule has 1 aromatic rings. The molecule has 0 N–H and O–H groups in total. The average Bonchev–Trinajstić information content (AvgIpc) is 2.77. The van der Waals surface area contributed by atoms with Gasteiger partial charge in [-0.3, -0.25) is 0 Å². The number of rotatable bonds is 3. The monoisotopic (exact) mass is 283 g/mol. The lowest BCUT2D eigenvalue weighted by Gasteiger charge is -2.32. The van der Waals surface area contributed by atoms with E-state index in [-0.39, 0.29) is 19.0 Å². The summed E-state index contributed by atoms with van der Waals surface area (Å²) in [7, 11) is 0. The molecule has 102 valence electrons. The summed E-state index contributed by atoms with van der Waals surface area (Å²) in [6, 6.07) is 0.157. The van der Waals surface area contributed by atoms with E-state index in [1.165, 1.54) is 4.90 Å². The van der Waals surface area contributed by atoms with Gasteiger partial charge in [0.15, 0.2) is 0 Å². The van der Waals surface area contributed by atoms with E-state index in [0.717, 1.165) is 0 Å². The second-order valence-corrected chi connectivity index (χ2v) is 4.62. The predicted octanol–water partition coefficient (Wildman–Crippen LogP) is 2.63. The highest BCUT2D eigenvalue weighted by atomic mass is 35.5. The molecule has 0 bridgehead atoms. The molecule has 8 heteroatoms. The van der Waals surface area contributed by atoms with Gasteiger partial charge in [0.2, 0.25) is 5.89 Å². The van der Waals surface area contributed by atoms with E-state index >= 15 is 0 Å². The van der Waals surface area contributed by atoms with Gasteiger partial charge in [0, 0.05) is 25.4 Å². The van der Waals surface area contributed by atoms with E-state index in [1.807, 2.05) is 0 Å². The van der Waals surface area contributed by atoms with Crippen LogP contribution in [0.3, 0.4) is 0 Å². The summed E-state index contributed by atoms with van der Waals surface area (Å²) in [5, 5.41) is 7.50. The number of anilines is 1. The number of hydrogen-bond donors (Lipinski definition) is 0. The van der Waals surface area contributed by atoms with Crippen LogP contribution >= 0.6 is 11.6 Å². The summed E-state index contributed by atoms with van der Waals surface area (Å²) in [6.45, 7) is 0.390. The molecule has 1 aliphatic rings. The lowest BCUT2D eigenvalue weighted by molar-refractivity contribution is -0.176. The van der Waals surface area contributed by atoms with Crippen LogP contribution in [0, 0.1) is 5.92 Å². The highest BCUT2D eigenvalue weighted by Crippen LogP contribution is 2.34. The Kier molecular flexibility index (Phi) is 3.99. The predicted molar refractivity (Wildman–Crippen MR) is 59.7 cm³/mol. The van der Waals surface area contributed by atoms with E-state index in [1.54, 1.807) is 0 Å². The topological polar surface area (TPSA) is 42.2 Å². The summed E-state index contributed by atoms with van der Waals surface area (Å²) in [5.74, 6) is -0.629. The molecule has 1 saturated heterocycles. The quantitative estimate of drug-likeness (QED) is 0.800. The molecule has 1 atom stereocenters. The first-order valence-electron chi connectivity index (χ1n) is 5.70. The van der Waals surface area contributed by atoms with Crippen molar-refractivity contribution in [2.45, 2.75) is 25.4 Å². The van der Waals surface area contributed by atoms with Crippen molar-refractivity contribution >= 4 is 17.6 Å². The fourth-order valence-corrected chi connectivity index (χ4v) is 2.13. The smallest absolute Gasteiger partial charge is 0.393 e. The number of piperidine rings is 1. The molecule has 0 saturated carbocycles. The standard InChI is InChI=1S/C10H13ClF3N3O/c11-4-3-8-15-16-9(18-8)17-5-1-2-7(6-17)10(12,13)14/h7H,1-6H2. The largest absolute Gasteiger partial charge is 0.408 e. The number of alkyl halides is 4. The van der Waals surface area contributed by atoms with Gasteiger partial charge in [0.1, 0.15) is 0 Å². The molecule has 0 aliphatic carbocycles. The van der Waals surface area contributed by atoms with Crippen molar-refractivity contribution < 1.29 is 17.6 Å². The molecule has 2 heterocycles. The molecule has 1 aromatic heterocycles. The van der Waals surface area contributed by atoms with E-state index in [4.69, 9.17) is 16.0 Å². The average molecular weight is 284 g/mol. The molecule has 0 aromatic carbocycles. The third kappa shape index (κ3) is 3.07. The maximum atomic E-state index is 12.6. The molecule has 1 unspecified atom stereocenters. The van der Waals surface area contributed by atoms with Gasteiger partial charge in [-0.2, -0.15) is 13.2 Å². The zero-order valence-corrected chi connectivity index (χ0v) is 10.3. The summed E-state index contributed by atoms with van der Waals surface area (Å²) >= 11 is 5.52. The minimum absolute atomic E-state index is 0.119. The highest BCUT2D eigenvalue weighted by molar-refractivity contribution is 6.17. The van der Waals surface area contributed by atoms with Crippen LogP contribution in [-0.4, -0.2) is 35.3 Å². The number of hydrogen-bond acceptors (Lipinski definition) is 4. The highest BCUT2D eigenvalue weighted by Gasteiger charge is 2.42. The van der Waals surface area contributed by atoms with Crippen molar-refractivity contribution in [2.24, 2.45) is 5.92 Å². The Bertz CT molecular complexity index is 396. The summed E-state index contributed by atoms with van der Waals surface area (Å²) in [5.41, 5.74) is 0. The summed E-state index contributed by atoms with van der Waals surface area (Å²) < 4.78 is 43.2. The van der Waals surface area contributed by atoms with E-state index < -0.39 is 12.1 Å². The van der Waals surface area contributed by atoms with Gasteiger partial charge >= 0.3 is 12.2 Å². The minimum Gasteiger partial charge on any atom is -0.408 e. The number of aryl methyl sites for hydroxylation is 1. The second kappa shape index (κ2) is 5.34. The zero-order chi connectivity index (χ0) is 13.2. The molecule has 18 heavy (non-hydrogen) atoms. The van der Waals surface area contributed by atoms with Crippen LogP contribution in [0.15, 0.2) is 4.42 Å². The Morgan fingerprint density at radius 2 is 2.17 bits per heavy atom. The van der Waals surface area contributed by atoms with E-state index in [2.05, 4.69) is 10.2 Å². The van der Waals surface area contributed by atoms with Crippen molar-refractivity contribution in [2.75, 3.05) is 23.9 Å². The van der Waals surface area contributed by atoms with Gasteiger partial charge in [-0.25, -0.2) is 0 Å². The lowest BCUT2D eigenvalue weighted by atomic mass is 9.98. The first-order valence-corrected chi connectivity index (χ1v) is 6.24. The SMILES string of the molecule is FC(F)(F)C1CCCN(c2nnc(CCCl)o2)C1. The van der Waals surface area contributed by atoms with Gasteiger partial charge in [-0.05, 0) is 12.8 Å². The maximum Gasteiger partial charge on any atom is 0.393 e. The van der Waals surface area contributed by atoms with Gasteiger partial charge in [-0.1, -0.05) is 5.10 Å². The number of halogens is 4. The first-order chi connectivity index (χ1) is 8.50. The van der Waals surface area contributed by atoms with Crippen LogP contribution in [0.1, 0.15) is 18.7 Å². The first kappa shape index (κ1) is 13.5. The van der Waals surface area contributed by atoms with E-state index in [0.29, 0.717) is 31.2 Å². The molecule has 0 spiro atoms. The van der Waals surface area contributed by atoms with Crippen LogP contribution in [0.5, 0.6) is 0 Å². The van der Waals surface area contributed by atoms with Crippen molar-refractivity contribution in [1.29, 1.82) is 0 Å². The van der Waals surface area contributed by atoms with Crippen molar-refractivity contribution in [1.82, 2.24) is 10.2 Å². The molecular weight excluding hydrogens is 271 g/mol. The molecule has 1 aliphatic heterocycles. The van der Waals surface area contributed by atoms with Crippen LogP contribution in [0.4, 0.5) is 19.2 Å². The molecule has 0 amide bonds. The molecule has 2 rings (SSSR count). The Hall–Kier alpha value is -0.980. The van der Waals surface area contributed by atoms with Crippen molar-refractivity contribution in [3.05, 3.63) is 5.89 Å². The van der Waals surface area contributed by atoms with Crippen LogP contribution in [-0.2, 0) is 6.42 Å². The maximum absolute atomic E-state index is 12.6. The Morgan fingerprint density at radius 3 is 2.83 bits per heavy atom. The summed E-state index contributed by atoms with van der Waals surface area (Å²) in [4.78, 5) is 1.49. The Balaban J connectivity index is 2.03. The third-order valence-corrected chi connectivity index (χ3v) is 3.11. The lowest BCUT2D eigenvalue weighted by Crippen LogP contribution is -2.41.